The van der Waals surface area contributed by atoms with E-state index in [4.69, 9.17) is 0 Å². The van der Waals surface area contributed by atoms with E-state index in [-0.39, 0.29) is 11.9 Å². The van der Waals surface area contributed by atoms with E-state index in [0.717, 1.165) is 38.5 Å². The average molecular weight is 249 g/mol. The Morgan fingerprint density at radius 3 is 2.44 bits per heavy atom. The minimum Gasteiger partial charge on any atom is -0.393 e. The van der Waals surface area contributed by atoms with Gasteiger partial charge in [0.2, 0.25) is 10.0 Å². The molecule has 0 bridgehead atoms. The molecular formula is C11H23NO3S. The second-order valence-corrected chi connectivity index (χ2v) is 6.62. The van der Waals surface area contributed by atoms with Gasteiger partial charge in [-0.1, -0.05) is 13.3 Å². The quantitative estimate of drug-likeness (QED) is 0.744. The fraction of sp³-hybridized carbons (Fsp3) is 1.00. The van der Waals surface area contributed by atoms with Crippen molar-refractivity contribution in [1.29, 1.82) is 0 Å². The Balaban J connectivity index is 2.23. The second-order valence-electron chi connectivity index (χ2n) is 4.70. The Labute approximate surface area is 98.5 Å². The molecule has 4 nitrogen and oxygen atoms in total. The summed E-state index contributed by atoms with van der Waals surface area (Å²) in [7, 11) is -3.07. The van der Waals surface area contributed by atoms with Crippen LogP contribution in [0.3, 0.4) is 0 Å². The van der Waals surface area contributed by atoms with Gasteiger partial charge in [0.15, 0.2) is 0 Å². The van der Waals surface area contributed by atoms with E-state index >= 15 is 0 Å². The van der Waals surface area contributed by atoms with Gasteiger partial charge in [-0.15, -0.1) is 0 Å². The van der Waals surface area contributed by atoms with Gasteiger partial charge in [-0.25, -0.2) is 13.1 Å². The lowest BCUT2D eigenvalue weighted by molar-refractivity contribution is 0.109. The third kappa shape index (κ3) is 5.27. The summed E-state index contributed by atoms with van der Waals surface area (Å²) in [6, 6.07) is 0. The van der Waals surface area contributed by atoms with E-state index < -0.39 is 10.0 Å². The number of hydrogen-bond acceptors (Lipinski definition) is 3. The molecule has 5 heteroatoms. The third-order valence-corrected chi connectivity index (χ3v) is 4.61. The van der Waals surface area contributed by atoms with Crippen LogP contribution in [0.4, 0.5) is 0 Å². The Hall–Kier alpha value is -0.130. The van der Waals surface area contributed by atoms with Crippen molar-refractivity contribution >= 4 is 10.0 Å². The van der Waals surface area contributed by atoms with Crippen molar-refractivity contribution in [1.82, 2.24) is 4.72 Å². The minimum absolute atomic E-state index is 0.173. The van der Waals surface area contributed by atoms with E-state index in [1.165, 1.54) is 0 Å². The van der Waals surface area contributed by atoms with Crippen LogP contribution in [0.5, 0.6) is 0 Å². The lowest BCUT2D eigenvalue weighted by Gasteiger charge is -2.25. The number of unbranched alkanes of at least 4 members (excludes halogenated alkanes) is 1. The molecule has 2 N–H and O–H groups in total. The molecule has 0 atom stereocenters. The van der Waals surface area contributed by atoms with Crippen LogP contribution in [0, 0.1) is 5.92 Å². The molecule has 0 radical (unpaired) electrons. The van der Waals surface area contributed by atoms with E-state index in [9.17, 15) is 13.5 Å². The molecule has 1 saturated carbocycles. The lowest BCUT2D eigenvalue weighted by atomic mass is 9.88. The highest BCUT2D eigenvalue weighted by Crippen LogP contribution is 2.23. The third-order valence-electron chi connectivity index (χ3n) is 3.17. The van der Waals surface area contributed by atoms with Crippen LogP contribution in [0.25, 0.3) is 0 Å². The largest absolute Gasteiger partial charge is 0.393 e. The Kier molecular flexibility index (Phi) is 5.72. The molecule has 16 heavy (non-hydrogen) atoms. The predicted molar refractivity (Wildman–Crippen MR) is 64.7 cm³/mol. The van der Waals surface area contributed by atoms with Gasteiger partial charge in [0.25, 0.3) is 0 Å². The SMILES string of the molecule is CCCCS(=O)(=O)NCC1CCC(O)CC1. The van der Waals surface area contributed by atoms with Crippen LogP contribution in [0.2, 0.25) is 0 Å². The van der Waals surface area contributed by atoms with Crippen LogP contribution >= 0.6 is 0 Å². The maximum Gasteiger partial charge on any atom is 0.211 e. The van der Waals surface area contributed by atoms with Gasteiger partial charge in [0.05, 0.1) is 11.9 Å². The summed E-state index contributed by atoms with van der Waals surface area (Å²) in [4.78, 5) is 0. The molecule has 0 aromatic heterocycles. The zero-order valence-electron chi connectivity index (χ0n) is 9.98. The number of hydrogen-bond donors (Lipinski definition) is 2. The van der Waals surface area contributed by atoms with E-state index in [2.05, 4.69) is 4.72 Å². The standard InChI is InChI=1S/C11H23NO3S/c1-2-3-8-16(14,15)12-9-10-4-6-11(13)7-5-10/h10-13H,2-9H2,1H3. The molecule has 1 aliphatic carbocycles. The summed E-state index contributed by atoms with van der Waals surface area (Å²) in [6.07, 6.45) is 4.92. The predicted octanol–water partition coefficient (Wildman–Crippen LogP) is 1.26. The first-order valence-corrected chi connectivity index (χ1v) is 7.84. The van der Waals surface area contributed by atoms with E-state index in [1.54, 1.807) is 0 Å². The summed E-state index contributed by atoms with van der Waals surface area (Å²) >= 11 is 0. The van der Waals surface area contributed by atoms with Crippen molar-refractivity contribution in [2.75, 3.05) is 12.3 Å². The Morgan fingerprint density at radius 2 is 1.88 bits per heavy atom. The molecule has 0 heterocycles. The van der Waals surface area contributed by atoms with Gasteiger partial charge in [-0.3, -0.25) is 0 Å². The molecule has 0 aromatic rings. The Bertz CT molecular complexity index is 282. The van der Waals surface area contributed by atoms with Crippen molar-refractivity contribution in [3.05, 3.63) is 0 Å². The fourth-order valence-electron chi connectivity index (χ4n) is 2.00. The van der Waals surface area contributed by atoms with E-state index in [0.29, 0.717) is 12.5 Å². The molecule has 0 unspecified atom stereocenters. The van der Waals surface area contributed by atoms with Crippen LogP contribution in [0.15, 0.2) is 0 Å². The molecule has 0 aliphatic heterocycles. The molecular weight excluding hydrogens is 226 g/mol. The molecule has 1 aliphatic rings. The zero-order chi connectivity index (χ0) is 12.0. The lowest BCUT2D eigenvalue weighted by Crippen LogP contribution is -2.33. The van der Waals surface area contributed by atoms with Gasteiger partial charge < -0.3 is 5.11 Å². The molecule has 1 rings (SSSR count). The van der Waals surface area contributed by atoms with Gasteiger partial charge in [-0.05, 0) is 38.0 Å². The summed E-state index contributed by atoms with van der Waals surface area (Å²) in [5.41, 5.74) is 0. The highest BCUT2D eigenvalue weighted by atomic mass is 32.2. The molecule has 0 aromatic carbocycles. The summed E-state index contributed by atoms with van der Waals surface area (Å²) in [5, 5.41) is 9.33. The molecule has 0 spiro atoms. The molecule has 96 valence electrons. The van der Waals surface area contributed by atoms with Crippen molar-refractivity contribution in [2.24, 2.45) is 5.92 Å². The topological polar surface area (TPSA) is 66.4 Å². The van der Waals surface area contributed by atoms with Crippen molar-refractivity contribution in [3.63, 3.8) is 0 Å². The van der Waals surface area contributed by atoms with Crippen LogP contribution in [-0.2, 0) is 10.0 Å². The number of sulfonamides is 1. The van der Waals surface area contributed by atoms with Gasteiger partial charge in [0.1, 0.15) is 0 Å². The monoisotopic (exact) mass is 249 g/mol. The van der Waals surface area contributed by atoms with Gasteiger partial charge in [-0.2, -0.15) is 0 Å². The fourth-order valence-corrected chi connectivity index (χ4v) is 3.30. The zero-order valence-corrected chi connectivity index (χ0v) is 10.8. The second kappa shape index (κ2) is 6.57. The number of rotatable bonds is 6. The van der Waals surface area contributed by atoms with Crippen molar-refractivity contribution < 1.29 is 13.5 Å². The highest BCUT2D eigenvalue weighted by molar-refractivity contribution is 7.89. The normalized spacial score (nSPS) is 26.9. The van der Waals surface area contributed by atoms with Gasteiger partial charge >= 0.3 is 0 Å². The summed E-state index contributed by atoms with van der Waals surface area (Å²) in [5.74, 6) is 0.638. The first-order chi connectivity index (χ1) is 7.53. The molecule has 0 amide bonds. The Morgan fingerprint density at radius 1 is 1.25 bits per heavy atom. The van der Waals surface area contributed by atoms with Gasteiger partial charge in [0, 0.05) is 6.54 Å². The maximum absolute atomic E-state index is 11.5. The number of nitrogens with one attached hydrogen (secondary N) is 1. The average Bonchev–Trinajstić information content (AvgIpc) is 2.26. The minimum atomic E-state index is -3.07. The first kappa shape index (κ1) is 13.9. The maximum atomic E-state index is 11.5. The summed E-state index contributed by atoms with van der Waals surface area (Å²) < 4.78 is 25.7. The molecule has 0 saturated heterocycles. The first-order valence-electron chi connectivity index (χ1n) is 6.19. The van der Waals surface area contributed by atoms with Crippen LogP contribution in [0.1, 0.15) is 45.4 Å². The summed E-state index contributed by atoms with van der Waals surface area (Å²) in [6.45, 7) is 2.52. The van der Waals surface area contributed by atoms with Crippen molar-refractivity contribution in [2.45, 2.75) is 51.6 Å². The highest BCUT2D eigenvalue weighted by Gasteiger charge is 2.20. The smallest absolute Gasteiger partial charge is 0.211 e. The number of aliphatic hydroxyl groups excluding tert-OH is 1. The number of aliphatic hydroxyl groups is 1. The van der Waals surface area contributed by atoms with Crippen LogP contribution in [-0.4, -0.2) is 31.9 Å². The van der Waals surface area contributed by atoms with E-state index in [1.807, 2.05) is 6.92 Å². The molecule has 1 fully saturated rings. The van der Waals surface area contributed by atoms with Crippen LogP contribution < -0.4 is 4.72 Å². The van der Waals surface area contributed by atoms with Crippen molar-refractivity contribution in [3.8, 4) is 0 Å².